The highest BCUT2D eigenvalue weighted by Crippen LogP contribution is 2.30. The summed E-state index contributed by atoms with van der Waals surface area (Å²) in [4.78, 5) is 26.0. The molecule has 3 aromatic carbocycles. The van der Waals surface area contributed by atoms with E-state index in [0.29, 0.717) is 10.9 Å². The first kappa shape index (κ1) is 18.6. The van der Waals surface area contributed by atoms with Crippen molar-refractivity contribution in [2.75, 3.05) is 5.32 Å². The van der Waals surface area contributed by atoms with Crippen molar-refractivity contribution >= 4 is 22.6 Å². The number of benzene rings is 3. The SMILES string of the molecule is Cn1c(NC(=O)c2ccccc2F)c(-c2ccccc2F)c(=O)c2ccccc21. The largest absolute Gasteiger partial charge is 0.330 e. The molecule has 1 heterocycles. The maximum Gasteiger partial charge on any atom is 0.259 e. The molecule has 0 unspecified atom stereocenters. The summed E-state index contributed by atoms with van der Waals surface area (Å²) in [5.41, 5.74) is 0.0262. The maximum absolute atomic E-state index is 14.6. The van der Waals surface area contributed by atoms with Crippen LogP contribution in [0.5, 0.6) is 0 Å². The normalized spacial score (nSPS) is 10.9. The van der Waals surface area contributed by atoms with Gasteiger partial charge in [-0.15, -0.1) is 0 Å². The Hall–Kier alpha value is -3.80. The van der Waals surface area contributed by atoms with Crippen molar-refractivity contribution in [1.82, 2.24) is 4.57 Å². The number of rotatable bonds is 3. The molecule has 4 nitrogen and oxygen atoms in total. The van der Waals surface area contributed by atoms with Crippen molar-refractivity contribution in [1.29, 1.82) is 0 Å². The van der Waals surface area contributed by atoms with E-state index in [1.807, 2.05) is 0 Å². The van der Waals surface area contributed by atoms with E-state index in [9.17, 15) is 18.4 Å². The predicted octanol–water partition coefficient (Wildman–Crippen LogP) is 4.74. The van der Waals surface area contributed by atoms with Gasteiger partial charge in [0.25, 0.3) is 5.91 Å². The van der Waals surface area contributed by atoms with Crippen LogP contribution in [0.1, 0.15) is 10.4 Å². The topological polar surface area (TPSA) is 51.1 Å². The van der Waals surface area contributed by atoms with Crippen molar-refractivity contribution < 1.29 is 13.6 Å². The van der Waals surface area contributed by atoms with Gasteiger partial charge in [-0.1, -0.05) is 42.5 Å². The van der Waals surface area contributed by atoms with E-state index >= 15 is 0 Å². The van der Waals surface area contributed by atoms with Crippen LogP contribution in [0.25, 0.3) is 22.0 Å². The quantitative estimate of drug-likeness (QED) is 0.550. The Bertz CT molecular complexity index is 1310. The number of hydrogen-bond donors (Lipinski definition) is 1. The highest BCUT2D eigenvalue weighted by atomic mass is 19.1. The molecule has 0 aliphatic heterocycles. The lowest BCUT2D eigenvalue weighted by atomic mass is 10.0. The van der Waals surface area contributed by atoms with Crippen LogP contribution in [-0.2, 0) is 7.05 Å². The maximum atomic E-state index is 14.6. The monoisotopic (exact) mass is 390 g/mol. The summed E-state index contributed by atoms with van der Waals surface area (Å²) in [7, 11) is 1.66. The molecule has 6 heteroatoms. The van der Waals surface area contributed by atoms with Crippen LogP contribution in [0, 0.1) is 11.6 Å². The molecule has 0 aliphatic rings. The highest BCUT2D eigenvalue weighted by molar-refractivity contribution is 6.07. The number of fused-ring (bicyclic) bond motifs is 1. The van der Waals surface area contributed by atoms with Gasteiger partial charge < -0.3 is 9.88 Å². The van der Waals surface area contributed by atoms with Crippen molar-refractivity contribution in [2.45, 2.75) is 0 Å². The molecule has 0 atom stereocenters. The summed E-state index contributed by atoms with van der Waals surface area (Å²) in [5, 5.41) is 3.00. The molecule has 0 bridgehead atoms. The van der Waals surface area contributed by atoms with Crippen LogP contribution in [-0.4, -0.2) is 10.5 Å². The molecule has 0 spiro atoms. The van der Waals surface area contributed by atoms with Gasteiger partial charge in [-0.05, 0) is 30.3 Å². The van der Waals surface area contributed by atoms with Crippen LogP contribution < -0.4 is 10.7 Å². The van der Waals surface area contributed by atoms with Gasteiger partial charge >= 0.3 is 0 Å². The average Bonchev–Trinajstić information content (AvgIpc) is 2.73. The number of nitrogens with one attached hydrogen (secondary N) is 1. The Morgan fingerprint density at radius 1 is 0.862 bits per heavy atom. The minimum atomic E-state index is -0.731. The molecule has 29 heavy (non-hydrogen) atoms. The molecular weight excluding hydrogens is 374 g/mol. The molecule has 0 fully saturated rings. The summed E-state index contributed by atoms with van der Waals surface area (Å²) < 4.78 is 30.2. The standard InChI is InChI=1S/C23H16F2N2O2/c1-27-19-13-7-4-10-16(19)21(28)20(14-8-2-5-11-17(14)24)22(27)26-23(29)15-9-3-6-12-18(15)25/h2-13H,1H3,(H,26,29). The van der Waals surface area contributed by atoms with Gasteiger partial charge in [0, 0.05) is 18.0 Å². The van der Waals surface area contributed by atoms with Gasteiger partial charge in [0.05, 0.1) is 16.6 Å². The van der Waals surface area contributed by atoms with Gasteiger partial charge in [-0.3, -0.25) is 9.59 Å². The van der Waals surface area contributed by atoms with Crippen molar-refractivity contribution in [3.8, 4) is 11.1 Å². The Morgan fingerprint density at radius 2 is 1.48 bits per heavy atom. The van der Waals surface area contributed by atoms with Crippen molar-refractivity contribution in [3.05, 3.63) is 100 Å². The second-order valence-electron chi connectivity index (χ2n) is 6.54. The second kappa shape index (κ2) is 7.31. The van der Waals surface area contributed by atoms with E-state index in [-0.39, 0.29) is 22.5 Å². The number of hydrogen-bond acceptors (Lipinski definition) is 2. The molecule has 0 aliphatic carbocycles. The lowest BCUT2D eigenvalue weighted by Crippen LogP contribution is -2.22. The third-order valence-electron chi connectivity index (χ3n) is 4.80. The fraction of sp³-hybridized carbons (Fsp3) is 0.0435. The number of carbonyl (C=O) groups excluding carboxylic acids is 1. The summed E-state index contributed by atoms with van der Waals surface area (Å²) in [6.45, 7) is 0. The predicted molar refractivity (Wildman–Crippen MR) is 109 cm³/mol. The summed E-state index contributed by atoms with van der Waals surface area (Å²) >= 11 is 0. The molecule has 0 radical (unpaired) electrons. The van der Waals surface area contributed by atoms with Crippen LogP contribution in [0.15, 0.2) is 77.6 Å². The molecule has 1 amide bonds. The van der Waals surface area contributed by atoms with E-state index in [1.165, 1.54) is 42.5 Å². The van der Waals surface area contributed by atoms with Gasteiger partial charge in [-0.25, -0.2) is 8.78 Å². The Kier molecular flexibility index (Phi) is 4.68. The number of amides is 1. The van der Waals surface area contributed by atoms with E-state index in [0.717, 1.165) is 0 Å². The number of aryl methyl sites for hydroxylation is 1. The number of halogens is 2. The van der Waals surface area contributed by atoms with E-state index < -0.39 is 23.0 Å². The van der Waals surface area contributed by atoms with Crippen LogP contribution in [0.4, 0.5) is 14.6 Å². The fourth-order valence-corrected chi connectivity index (χ4v) is 3.37. The van der Waals surface area contributed by atoms with Crippen molar-refractivity contribution in [2.24, 2.45) is 7.05 Å². The van der Waals surface area contributed by atoms with Crippen LogP contribution >= 0.6 is 0 Å². The van der Waals surface area contributed by atoms with Crippen LogP contribution in [0.2, 0.25) is 0 Å². The molecule has 144 valence electrons. The minimum absolute atomic E-state index is 0.00832. The third kappa shape index (κ3) is 3.18. The summed E-state index contributed by atoms with van der Waals surface area (Å²) in [6, 6.07) is 18.2. The van der Waals surface area contributed by atoms with Crippen molar-refractivity contribution in [3.63, 3.8) is 0 Å². The van der Waals surface area contributed by atoms with E-state index in [2.05, 4.69) is 5.32 Å². The number of aromatic nitrogens is 1. The molecule has 0 saturated carbocycles. The summed E-state index contributed by atoms with van der Waals surface area (Å²) in [5.74, 6) is -1.93. The zero-order valence-electron chi connectivity index (χ0n) is 15.4. The molecule has 1 aromatic heterocycles. The van der Waals surface area contributed by atoms with Gasteiger partial charge in [0.1, 0.15) is 17.5 Å². The van der Waals surface area contributed by atoms with Crippen LogP contribution in [0.3, 0.4) is 0 Å². The lowest BCUT2D eigenvalue weighted by molar-refractivity contribution is 0.102. The molecule has 0 saturated heterocycles. The number of carbonyl (C=O) groups is 1. The number of nitrogens with zero attached hydrogens (tertiary/aromatic N) is 1. The lowest BCUT2D eigenvalue weighted by Gasteiger charge is -2.18. The first-order valence-electron chi connectivity index (χ1n) is 8.91. The summed E-state index contributed by atoms with van der Waals surface area (Å²) in [6.07, 6.45) is 0. The average molecular weight is 390 g/mol. The zero-order valence-corrected chi connectivity index (χ0v) is 15.4. The van der Waals surface area contributed by atoms with E-state index in [1.54, 1.807) is 41.9 Å². The van der Waals surface area contributed by atoms with Gasteiger partial charge in [-0.2, -0.15) is 0 Å². The number of anilines is 1. The first-order chi connectivity index (χ1) is 14.0. The van der Waals surface area contributed by atoms with Gasteiger partial charge in [0.2, 0.25) is 0 Å². The highest BCUT2D eigenvalue weighted by Gasteiger charge is 2.22. The molecule has 4 aromatic rings. The van der Waals surface area contributed by atoms with Gasteiger partial charge in [0.15, 0.2) is 5.43 Å². The second-order valence-corrected chi connectivity index (χ2v) is 6.54. The minimum Gasteiger partial charge on any atom is -0.330 e. The molecule has 1 N–H and O–H groups in total. The Labute approximate surface area is 165 Å². The zero-order chi connectivity index (χ0) is 20.5. The smallest absolute Gasteiger partial charge is 0.259 e. The number of para-hydroxylation sites is 1. The first-order valence-corrected chi connectivity index (χ1v) is 8.91. The Morgan fingerprint density at radius 3 is 2.21 bits per heavy atom. The molecule has 4 rings (SSSR count). The fourth-order valence-electron chi connectivity index (χ4n) is 3.37. The number of pyridine rings is 1. The van der Waals surface area contributed by atoms with E-state index in [4.69, 9.17) is 0 Å². The third-order valence-corrected chi connectivity index (χ3v) is 4.80. The molecular formula is C23H16F2N2O2. The Balaban J connectivity index is 2.00.